The van der Waals surface area contributed by atoms with Crippen LogP contribution in [0.5, 0.6) is 0 Å². The van der Waals surface area contributed by atoms with Gasteiger partial charge in [-0.3, -0.25) is 4.90 Å². The van der Waals surface area contributed by atoms with E-state index in [2.05, 4.69) is 24.1 Å². The fourth-order valence-corrected chi connectivity index (χ4v) is 3.45. The zero-order valence-corrected chi connectivity index (χ0v) is 12.2. The van der Waals surface area contributed by atoms with Crippen LogP contribution < -0.4 is 5.32 Å². The van der Waals surface area contributed by atoms with E-state index in [9.17, 15) is 0 Å². The molecule has 106 valence electrons. The molecule has 0 radical (unpaired) electrons. The molecular formula is C15H30N2O. The summed E-state index contributed by atoms with van der Waals surface area (Å²) in [6.07, 6.45) is 6.98. The first-order valence-corrected chi connectivity index (χ1v) is 7.76. The van der Waals surface area contributed by atoms with Gasteiger partial charge in [0.05, 0.1) is 13.2 Å². The second-order valence-electron chi connectivity index (χ2n) is 6.41. The Morgan fingerprint density at radius 3 is 2.39 bits per heavy atom. The molecule has 3 nitrogen and oxygen atoms in total. The highest BCUT2D eigenvalue weighted by atomic mass is 16.5. The summed E-state index contributed by atoms with van der Waals surface area (Å²) in [6.45, 7) is 11.0. The summed E-state index contributed by atoms with van der Waals surface area (Å²) in [4.78, 5) is 2.71. The maximum absolute atomic E-state index is 5.52. The van der Waals surface area contributed by atoms with Crippen LogP contribution in [-0.2, 0) is 4.74 Å². The molecule has 0 atom stereocenters. The second kappa shape index (κ2) is 6.88. The number of hydrogen-bond acceptors (Lipinski definition) is 3. The summed E-state index contributed by atoms with van der Waals surface area (Å²) in [5.41, 5.74) is 0.428. The molecule has 1 heterocycles. The van der Waals surface area contributed by atoms with Crippen LogP contribution in [0.15, 0.2) is 0 Å². The van der Waals surface area contributed by atoms with Gasteiger partial charge in [0.1, 0.15) is 0 Å². The number of hydrogen-bond donors (Lipinski definition) is 1. The minimum Gasteiger partial charge on any atom is -0.379 e. The highest BCUT2D eigenvalue weighted by Gasteiger charge is 2.38. The van der Waals surface area contributed by atoms with Crippen LogP contribution in [0.1, 0.15) is 46.0 Å². The SMILES string of the molecule is CC(C)CNCC1(N2CCOCC2)CCCCC1. The summed E-state index contributed by atoms with van der Waals surface area (Å²) < 4.78 is 5.52. The highest BCUT2D eigenvalue weighted by molar-refractivity contribution is 4.95. The van der Waals surface area contributed by atoms with E-state index in [0.717, 1.165) is 38.8 Å². The topological polar surface area (TPSA) is 24.5 Å². The average molecular weight is 254 g/mol. The van der Waals surface area contributed by atoms with Gasteiger partial charge in [-0.25, -0.2) is 0 Å². The molecule has 0 amide bonds. The summed E-state index contributed by atoms with van der Waals surface area (Å²) in [6, 6.07) is 0. The summed E-state index contributed by atoms with van der Waals surface area (Å²) in [5, 5.41) is 3.71. The molecule has 1 saturated heterocycles. The van der Waals surface area contributed by atoms with Gasteiger partial charge in [-0.2, -0.15) is 0 Å². The van der Waals surface area contributed by atoms with Crippen LogP contribution >= 0.6 is 0 Å². The normalized spacial score (nSPS) is 25.5. The van der Waals surface area contributed by atoms with Crippen LogP contribution in [0.3, 0.4) is 0 Å². The molecule has 0 aromatic heterocycles. The quantitative estimate of drug-likeness (QED) is 0.814. The molecule has 1 saturated carbocycles. The van der Waals surface area contributed by atoms with Crippen LogP contribution in [0.4, 0.5) is 0 Å². The van der Waals surface area contributed by atoms with Crippen LogP contribution in [0, 0.1) is 5.92 Å². The van der Waals surface area contributed by atoms with Gasteiger partial charge in [0.15, 0.2) is 0 Å². The Morgan fingerprint density at radius 1 is 1.11 bits per heavy atom. The Morgan fingerprint density at radius 2 is 1.78 bits per heavy atom. The molecule has 0 unspecified atom stereocenters. The van der Waals surface area contributed by atoms with E-state index in [1.54, 1.807) is 0 Å². The van der Waals surface area contributed by atoms with E-state index in [4.69, 9.17) is 4.74 Å². The molecular weight excluding hydrogens is 224 g/mol. The Kier molecular flexibility index (Phi) is 5.46. The van der Waals surface area contributed by atoms with Crippen molar-refractivity contribution in [2.75, 3.05) is 39.4 Å². The van der Waals surface area contributed by atoms with Crippen LogP contribution in [-0.4, -0.2) is 49.8 Å². The third kappa shape index (κ3) is 3.69. The molecule has 1 N–H and O–H groups in total. The van der Waals surface area contributed by atoms with Gasteiger partial charge in [0.2, 0.25) is 0 Å². The van der Waals surface area contributed by atoms with E-state index in [1.807, 2.05) is 0 Å². The lowest BCUT2D eigenvalue weighted by atomic mass is 9.79. The minimum atomic E-state index is 0.428. The predicted octanol–water partition coefficient (Wildman–Crippen LogP) is 2.27. The van der Waals surface area contributed by atoms with Crippen molar-refractivity contribution in [3.05, 3.63) is 0 Å². The van der Waals surface area contributed by atoms with Crippen molar-refractivity contribution in [3.63, 3.8) is 0 Å². The zero-order chi connectivity index (χ0) is 12.8. The van der Waals surface area contributed by atoms with Crippen molar-refractivity contribution in [2.24, 2.45) is 5.92 Å². The maximum atomic E-state index is 5.52. The van der Waals surface area contributed by atoms with Gasteiger partial charge in [-0.15, -0.1) is 0 Å². The van der Waals surface area contributed by atoms with Gasteiger partial charge in [0.25, 0.3) is 0 Å². The lowest BCUT2D eigenvalue weighted by Gasteiger charge is -2.48. The number of ether oxygens (including phenoxy) is 1. The molecule has 1 aliphatic carbocycles. The maximum Gasteiger partial charge on any atom is 0.0594 e. The van der Waals surface area contributed by atoms with E-state index in [0.29, 0.717) is 5.54 Å². The molecule has 1 aliphatic heterocycles. The second-order valence-corrected chi connectivity index (χ2v) is 6.41. The van der Waals surface area contributed by atoms with Gasteiger partial charge in [-0.1, -0.05) is 33.1 Å². The average Bonchev–Trinajstić information content (AvgIpc) is 2.40. The molecule has 0 spiro atoms. The Hall–Kier alpha value is -0.120. The third-order valence-electron chi connectivity index (χ3n) is 4.47. The number of nitrogens with one attached hydrogen (secondary N) is 1. The Labute approximate surface area is 112 Å². The van der Waals surface area contributed by atoms with Gasteiger partial charge < -0.3 is 10.1 Å². The van der Waals surface area contributed by atoms with Crippen LogP contribution in [0.25, 0.3) is 0 Å². The van der Waals surface area contributed by atoms with E-state index < -0.39 is 0 Å². The van der Waals surface area contributed by atoms with Crippen molar-refractivity contribution in [1.29, 1.82) is 0 Å². The molecule has 0 aromatic carbocycles. The summed E-state index contributed by atoms with van der Waals surface area (Å²) >= 11 is 0. The number of morpholine rings is 1. The van der Waals surface area contributed by atoms with E-state index in [1.165, 1.54) is 38.6 Å². The molecule has 2 aliphatic rings. The molecule has 3 heteroatoms. The zero-order valence-electron chi connectivity index (χ0n) is 12.2. The van der Waals surface area contributed by atoms with Gasteiger partial charge in [-0.05, 0) is 25.3 Å². The number of nitrogens with zero attached hydrogens (tertiary/aromatic N) is 1. The van der Waals surface area contributed by atoms with Gasteiger partial charge in [0, 0.05) is 25.2 Å². The fraction of sp³-hybridized carbons (Fsp3) is 1.00. The van der Waals surface area contributed by atoms with Crippen molar-refractivity contribution in [2.45, 2.75) is 51.5 Å². The standard InChI is InChI=1S/C15H30N2O/c1-14(2)12-16-13-15(6-4-3-5-7-15)17-8-10-18-11-9-17/h14,16H,3-13H2,1-2H3. The van der Waals surface area contributed by atoms with Crippen molar-refractivity contribution in [1.82, 2.24) is 10.2 Å². The van der Waals surface area contributed by atoms with E-state index >= 15 is 0 Å². The Balaban J connectivity index is 1.92. The highest BCUT2D eigenvalue weighted by Crippen LogP contribution is 2.33. The Bertz CT molecular complexity index is 231. The number of rotatable bonds is 5. The fourth-order valence-electron chi connectivity index (χ4n) is 3.45. The lowest BCUT2D eigenvalue weighted by Crippen LogP contribution is -2.59. The smallest absolute Gasteiger partial charge is 0.0594 e. The molecule has 0 bridgehead atoms. The van der Waals surface area contributed by atoms with Gasteiger partial charge >= 0.3 is 0 Å². The summed E-state index contributed by atoms with van der Waals surface area (Å²) in [7, 11) is 0. The van der Waals surface area contributed by atoms with Crippen LogP contribution in [0.2, 0.25) is 0 Å². The largest absolute Gasteiger partial charge is 0.379 e. The molecule has 0 aromatic rings. The first-order chi connectivity index (χ1) is 8.73. The third-order valence-corrected chi connectivity index (χ3v) is 4.47. The first-order valence-electron chi connectivity index (χ1n) is 7.76. The first kappa shape index (κ1) is 14.3. The summed E-state index contributed by atoms with van der Waals surface area (Å²) in [5.74, 6) is 0.746. The lowest BCUT2D eigenvalue weighted by molar-refractivity contribution is -0.0369. The van der Waals surface area contributed by atoms with Crippen molar-refractivity contribution in [3.8, 4) is 0 Å². The predicted molar refractivity (Wildman–Crippen MR) is 75.9 cm³/mol. The molecule has 2 fully saturated rings. The molecule has 2 rings (SSSR count). The minimum absolute atomic E-state index is 0.428. The van der Waals surface area contributed by atoms with Crippen molar-refractivity contribution >= 4 is 0 Å². The monoisotopic (exact) mass is 254 g/mol. The van der Waals surface area contributed by atoms with E-state index in [-0.39, 0.29) is 0 Å². The molecule has 18 heavy (non-hydrogen) atoms. The van der Waals surface area contributed by atoms with Crippen molar-refractivity contribution < 1.29 is 4.74 Å².